The molecule has 0 heterocycles. The number of carboxylic acid groups (broad SMARTS) is 1. The maximum absolute atomic E-state index is 11.7. The van der Waals surface area contributed by atoms with Crippen molar-refractivity contribution in [3.8, 4) is 0 Å². The van der Waals surface area contributed by atoms with Crippen molar-refractivity contribution in [2.75, 3.05) is 39.4 Å². The van der Waals surface area contributed by atoms with Crippen molar-refractivity contribution in [2.24, 2.45) is 0 Å². The number of carboxylic acids is 1. The Labute approximate surface area is 112 Å². The van der Waals surface area contributed by atoms with Gasteiger partial charge in [0.25, 0.3) is 0 Å². The fourth-order valence-corrected chi connectivity index (χ4v) is 1.23. The maximum Gasteiger partial charge on any atom is 0.322 e. The summed E-state index contributed by atoms with van der Waals surface area (Å²) in [6.07, 6.45) is 0. The first kappa shape index (κ1) is 17.2. The minimum absolute atomic E-state index is 0.253. The molecule has 8 nitrogen and oxygen atoms in total. The molecule has 0 bridgehead atoms. The number of likely N-dealkylation sites (N-methyl/N-ethyl adjacent to an activating group) is 1. The molecule has 0 saturated heterocycles. The van der Waals surface area contributed by atoms with E-state index in [0.717, 1.165) is 0 Å². The fourth-order valence-electron chi connectivity index (χ4n) is 1.23. The summed E-state index contributed by atoms with van der Waals surface area (Å²) in [5.74, 6) is -1.68. The number of hydrogen-bond acceptors (Lipinski definition) is 4. The molecule has 0 spiro atoms. The third-order valence-corrected chi connectivity index (χ3v) is 2.22. The van der Waals surface area contributed by atoms with Gasteiger partial charge in [-0.15, -0.1) is 0 Å². The Bertz CT molecular complexity index is 309. The van der Waals surface area contributed by atoms with Crippen LogP contribution in [0.1, 0.15) is 13.8 Å². The molecule has 3 N–H and O–H groups in total. The summed E-state index contributed by atoms with van der Waals surface area (Å²) in [7, 11) is 0. The molecule has 0 aliphatic rings. The summed E-state index contributed by atoms with van der Waals surface area (Å²) in [6.45, 7) is 4.91. The van der Waals surface area contributed by atoms with Crippen LogP contribution in [0.5, 0.6) is 0 Å². The Hall–Kier alpha value is -1.83. The van der Waals surface area contributed by atoms with Crippen LogP contribution < -0.4 is 10.6 Å². The van der Waals surface area contributed by atoms with E-state index in [-0.39, 0.29) is 12.6 Å². The first-order valence-corrected chi connectivity index (χ1v) is 6.10. The van der Waals surface area contributed by atoms with E-state index in [2.05, 4.69) is 10.6 Å². The number of amides is 3. The molecular formula is C11H21N3O5. The van der Waals surface area contributed by atoms with Crippen LogP contribution in [0.15, 0.2) is 0 Å². The van der Waals surface area contributed by atoms with Gasteiger partial charge in [-0.1, -0.05) is 0 Å². The van der Waals surface area contributed by atoms with E-state index in [1.807, 2.05) is 13.8 Å². The number of carbonyl (C=O) groups is 3. The van der Waals surface area contributed by atoms with Gasteiger partial charge in [0, 0.05) is 19.7 Å². The van der Waals surface area contributed by atoms with Gasteiger partial charge < -0.3 is 25.4 Å². The molecule has 0 saturated carbocycles. The topological polar surface area (TPSA) is 108 Å². The minimum Gasteiger partial charge on any atom is -0.480 e. The molecule has 0 aliphatic carbocycles. The van der Waals surface area contributed by atoms with E-state index >= 15 is 0 Å². The van der Waals surface area contributed by atoms with E-state index in [4.69, 9.17) is 9.84 Å². The van der Waals surface area contributed by atoms with Crippen LogP contribution in [0.2, 0.25) is 0 Å². The largest absolute Gasteiger partial charge is 0.480 e. The van der Waals surface area contributed by atoms with Gasteiger partial charge >= 0.3 is 12.0 Å². The molecule has 0 rings (SSSR count). The zero-order valence-electron chi connectivity index (χ0n) is 11.3. The summed E-state index contributed by atoms with van der Waals surface area (Å²) >= 11 is 0. The maximum atomic E-state index is 11.7. The number of aliphatic carboxylic acids is 1. The average molecular weight is 275 g/mol. The lowest BCUT2D eigenvalue weighted by atomic mass is 10.5. The first-order chi connectivity index (χ1) is 9.01. The quantitative estimate of drug-likeness (QED) is 0.480. The fraction of sp³-hybridized carbons (Fsp3) is 0.727. The van der Waals surface area contributed by atoms with Gasteiger partial charge in [0.05, 0.1) is 13.2 Å². The van der Waals surface area contributed by atoms with Gasteiger partial charge in [-0.3, -0.25) is 9.59 Å². The monoisotopic (exact) mass is 275 g/mol. The normalized spacial score (nSPS) is 9.79. The van der Waals surface area contributed by atoms with E-state index < -0.39 is 18.4 Å². The molecule has 0 unspecified atom stereocenters. The molecule has 110 valence electrons. The van der Waals surface area contributed by atoms with Crippen molar-refractivity contribution in [3.63, 3.8) is 0 Å². The van der Waals surface area contributed by atoms with Crippen molar-refractivity contribution in [2.45, 2.75) is 13.8 Å². The molecule has 0 atom stereocenters. The molecule has 0 radical (unpaired) electrons. The summed E-state index contributed by atoms with van der Waals surface area (Å²) in [5, 5.41) is 12.9. The highest BCUT2D eigenvalue weighted by Crippen LogP contribution is 1.89. The lowest BCUT2D eigenvalue weighted by Gasteiger charge is -2.20. The highest BCUT2D eigenvalue weighted by atomic mass is 16.5. The number of nitrogens with one attached hydrogen (secondary N) is 2. The van der Waals surface area contributed by atoms with Gasteiger partial charge in [-0.25, -0.2) is 4.79 Å². The lowest BCUT2D eigenvalue weighted by Crippen LogP contribution is -2.46. The van der Waals surface area contributed by atoms with Crippen molar-refractivity contribution in [1.82, 2.24) is 15.5 Å². The Morgan fingerprint density at radius 3 is 2.37 bits per heavy atom. The number of nitrogens with zero attached hydrogens (tertiary/aromatic N) is 1. The Balaban J connectivity index is 3.92. The SMILES string of the molecule is CCOCCN(CC)C(=O)NCC(=O)NCC(=O)O. The number of hydrogen-bond donors (Lipinski definition) is 3. The van der Waals surface area contributed by atoms with Gasteiger partial charge in [-0.2, -0.15) is 0 Å². The Morgan fingerprint density at radius 1 is 1.16 bits per heavy atom. The van der Waals surface area contributed by atoms with Crippen LogP contribution in [0.4, 0.5) is 4.79 Å². The van der Waals surface area contributed by atoms with Gasteiger partial charge in [0.2, 0.25) is 5.91 Å². The number of carbonyl (C=O) groups excluding carboxylic acids is 2. The summed E-state index contributed by atoms with van der Waals surface area (Å²) < 4.78 is 5.14. The molecule has 0 fully saturated rings. The zero-order chi connectivity index (χ0) is 14.7. The van der Waals surface area contributed by atoms with Crippen molar-refractivity contribution >= 4 is 17.9 Å². The smallest absolute Gasteiger partial charge is 0.322 e. The van der Waals surface area contributed by atoms with E-state index in [1.54, 1.807) is 0 Å². The third-order valence-electron chi connectivity index (χ3n) is 2.22. The van der Waals surface area contributed by atoms with Crippen LogP contribution in [0.25, 0.3) is 0 Å². The number of urea groups is 1. The number of rotatable bonds is 9. The van der Waals surface area contributed by atoms with Crippen LogP contribution in [-0.4, -0.2) is 67.3 Å². The van der Waals surface area contributed by atoms with Gasteiger partial charge in [0.15, 0.2) is 0 Å². The van der Waals surface area contributed by atoms with Crippen molar-refractivity contribution in [1.29, 1.82) is 0 Å². The summed E-state index contributed by atoms with van der Waals surface area (Å²) in [6, 6.07) is -0.382. The van der Waals surface area contributed by atoms with E-state index in [9.17, 15) is 14.4 Å². The molecule has 0 aromatic carbocycles. The molecule has 8 heteroatoms. The summed E-state index contributed by atoms with van der Waals surface area (Å²) in [5.41, 5.74) is 0. The van der Waals surface area contributed by atoms with Crippen LogP contribution in [-0.2, 0) is 14.3 Å². The second-order valence-electron chi connectivity index (χ2n) is 3.61. The molecule has 0 aliphatic heterocycles. The molecule has 3 amide bonds. The predicted molar refractivity (Wildman–Crippen MR) is 67.8 cm³/mol. The first-order valence-electron chi connectivity index (χ1n) is 6.10. The van der Waals surface area contributed by atoms with Crippen LogP contribution in [0, 0.1) is 0 Å². The molecular weight excluding hydrogens is 254 g/mol. The van der Waals surface area contributed by atoms with Crippen molar-refractivity contribution < 1.29 is 24.2 Å². The standard InChI is InChI=1S/C11H21N3O5/c1-3-14(5-6-19-4-2)11(18)13-7-9(15)12-8-10(16)17/h3-8H2,1-2H3,(H,12,15)(H,13,18)(H,16,17). The predicted octanol–water partition coefficient (Wildman–Crippen LogP) is -0.745. The Kier molecular flexibility index (Phi) is 9.15. The summed E-state index contributed by atoms with van der Waals surface area (Å²) in [4.78, 5) is 34.6. The van der Waals surface area contributed by atoms with Crippen LogP contribution >= 0.6 is 0 Å². The minimum atomic E-state index is -1.13. The molecule has 0 aromatic rings. The van der Waals surface area contributed by atoms with E-state index in [1.165, 1.54) is 4.90 Å². The van der Waals surface area contributed by atoms with Crippen LogP contribution in [0.3, 0.4) is 0 Å². The highest BCUT2D eigenvalue weighted by Gasteiger charge is 2.12. The second-order valence-corrected chi connectivity index (χ2v) is 3.61. The average Bonchev–Trinajstić information content (AvgIpc) is 2.38. The molecule has 0 aromatic heterocycles. The third kappa shape index (κ3) is 8.83. The number of ether oxygens (including phenoxy) is 1. The molecule has 19 heavy (non-hydrogen) atoms. The second kappa shape index (κ2) is 10.1. The Morgan fingerprint density at radius 2 is 1.84 bits per heavy atom. The van der Waals surface area contributed by atoms with E-state index in [0.29, 0.717) is 26.3 Å². The lowest BCUT2D eigenvalue weighted by molar-refractivity contribution is -0.137. The zero-order valence-corrected chi connectivity index (χ0v) is 11.3. The van der Waals surface area contributed by atoms with Gasteiger partial charge in [0.1, 0.15) is 6.54 Å². The van der Waals surface area contributed by atoms with Gasteiger partial charge in [-0.05, 0) is 13.8 Å². The van der Waals surface area contributed by atoms with Crippen molar-refractivity contribution in [3.05, 3.63) is 0 Å². The highest BCUT2D eigenvalue weighted by molar-refractivity contribution is 5.86.